The van der Waals surface area contributed by atoms with E-state index in [2.05, 4.69) is 20.6 Å². The number of anilines is 3. The Bertz CT molecular complexity index is 625. The van der Waals surface area contributed by atoms with Gasteiger partial charge >= 0.3 is 0 Å². The van der Waals surface area contributed by atoms with E-state index in [0.29, 0.717) is 5.95 Å². The Balaban J connectivity index is 1.67. The Morgan fingerprint density at radius 1 is 1.32 bits per heavy atom. The highest BCUT2D eigenvalue weighted by atomic mass is 16.5. The molecule has 0 aliphatic carbocycles. The summed E-state index contributed by atoms with van der Waals surface area (Å²) in [5.74, 6) is 1.56. The van der Waals surface area contributed by atoms with E-state index in [9.17, 15) is 5.11 Å². The maximum absolute atomic E-state index is 9.30. The van der Waals surface area contributed by atoms with Gasteiger partial charge in [0.25, 0.3) is 0 Å². The number of hydrogen-bond acceptors (Lipinski definition) is 6. The molecule has 3 rings (SSSR count). The summed E-state index contributed by atoms with van der Waals surface area (Å²) in [5.41, 5.74) is 1.82. The van der Waals surface area contributed by atoms with Crippen molar-refractivity contribution >= 4 is 17.5 Å². The molecule has 1 unspecified atom stereocenters. The minimum atomic E-state index is 0.231. The van der Waals surface area contributed by atoms with Crippen LogP contribution < -0.4 is 10.6 Å². The number of phenols is 1. The highest BCUT2D eigenvalue weighted by Gasteiger charge is 2.15. The fourth-order valence-corrected chi connectivity index (χ4v) is 2.37. The summed E-state index contributed by atoms with van der Waals surface area (Å²) in [7, 11) is 0. The van der Waals surface area contributed by atoms with Gasteiger partial charge in [0.05, 0.1) is 6.10 Å². The molecule has 3 N–H and O–H groups in total. The number of nitrogens with one attached hydrogen (secondary N) is 2. The zero-order valence-electron chi connectivity index (χ0n) is 12.5. The van der Waals surface area contributed by atoms with E-state index in [1.165, 1.54) is 0 Å². The molecule has 6 nitrogen and oxygen atoms in total. The minimum Gasteiger partial charge on any atom is -0.508 e. The van der Waals surface area contributed by atoms with Crippen LogP contribution in [0.25, 0.3) is 0 Å². The van der Waals surface area contributed by atoms with Crippen LogP contribution in [0.1, 0.15) is 18.4 Å². The van der Waals surface area contributed by atoms with Crippen molar-refractivity contribution in [3.63, 3.8) is 0 Å². The molecular formula is C16H20N4O2. The number of nitrogens with zero attached hydrogens (tertiary/aromatic N) is 2. The average Bonchev–Trinajstić information content (AvgIpc) is 3.03. The Labute approximate surface area is 129 Å². The van der Waals surface area contributed by atoms with Gasteiger partial charge in [-0.05, 0) is 44.0 Å². The van der Waals surface area contributed by atoms with Crippen LogP contribution >= 0.6 is 0 Å². The first-order valence-corrected chi connectivity index (χ1v) is 7.46. The number of aromatic hydroxyl groups is 1. The second-order valence-electron chi connectivity index (χ2n) is 5.41. The van der Waals surface area contributed by atoms with Crippen molar-refractivity contribution in [1.29, 1.82) is 0 Å². The summed E-state index contributed by atoms with van der Waals surface area (Å²) in [6.07, 6.45) is 4.27. The van der Waals surface area contributed by atoms with Crippen molar-refractivity contribution in [3.8, 4) is 5.75 Å². The van der Waals surface area contributed by atoms with Gasteiger partial charge in [-0.1, -0.05) is 0 Å². The zero-order chi connectivity index (χ0) is 15.4. The molecule has 1 aliphatic heterocycles. The lowest BCUT2D eigenvalue weighted by Gasteiger charge is -2.14. The number of rotatable bonds is 5. The first-order chi connectivity index (χ1) is 10.7. The van der Waals surface area contributed by atoms with Gasteiger partial charge in [-0.2, -0.15) is 4.98 Å². The molecule has 1 aromatic carbocycles. The third kappa shape index (κ3) is 3.65. The van der Waals surface area contributed by atoms with Crippen molar-refractivity contribution in [1.82, 2.24) is 9.97 Å². The fraction of sp³-hybridized carbons (Fsp3) is 0.375. The van der Waals surface area contributed by atoms with Crippen LogP contribution in [0.4, 0.5) is 17.5 Å². The molecule has 22 heavy (non-hydrogen) atoms. The van der Waals surface area contributed by atoms with E-state index in [4.69, 9.17) is 4.74 Å². The smallest absolute Gasteiger partial charge is 0.229 e. The van der Waals surface area contributed by atoms with Gasteiger partial charge < -0.3 is 20.5 Å². The third-order valence-electron chi connectivity index (χ3n) is 3.62. The molecule has 116 valence electrons. The molecule has 1 aromatic heterocycles. The van der Waals surface area contributed by atoms with Gasteiger partial charge in [0, 0.05) is 30.6 Å². The van der Waals surface area contributed by atoms with Gasteiger partial charge in [-0.25, -0.2) is 4.98 Å². The molecule has 6 heteroatoms. The van der Waals surface area contributed by atoms with Crippen molar-refractivity contribution in [3.05, 3.63) is 36.0 Å². The van der Waals surface area contributed by atoms with Crippen LogP contribution in [-0.2, 0) is 4.74 Å². The molecular weight excluding hydrogens is 280 g/mol. The van der Waals surface area contributed by atoms with Crippen LogP contribution in [0.3, 0.4) is 0 Å². The maximum atomic E-state index is 9.30. The van der Waals surface area contributed by atoms with Gasteiger partial charge in [0.2, 0.25) is 5.95 Å². The Hall–Kier alpha value is -2.34. The molecule has 0 spiro atoms. The molecule has 1 aliphatic rings. The Morgan fingerprint density at radius 3 is 2.86 bits per heavy atom. The van der Waals surface area contributed by atoms with Crippen molar-refractivity contribution < 1.29 is 9.84 Å². The van der Waals surface area contributed by atoms with E-state index in [-0.39, 0.29) is 11.9 Å². The normalized spacial score (nSPS) is 17.4. The lowest BCUT2D eigenvalue weighted by atomic mass is 10.2. The number of ether oxygens (including phenoxy) is 1. The van der Waals surface area contributed by atoms with E-state index >= 15 is 0 Å². The molecule has 1 saturated heterocycles. The second kappa shape index (κ2) is 6.62. The van der Waals surface area contributed by atoms with Crippen molar-refractivity contribution in [2.75, 3.05) is 23.8 Å². The van der Waals surface area contributed by atoms with Crippen molar-refractivity contribution in [2.45, 2.75) is 25.9 Å². The molecule has 0 amide bonds. The summed E-state index contributed by atoms with van der Waals surface area (Å²) in [6.45, 7) is 3.58. The highest BCUT2D eigenvalue weighted by molar-refractivity contribution is 5.56. The quantitative estimate of drug-likeness (QED) is 0.737. The highest BCUT2D eigenvalue weighted by Crippen LogP contribution is 2.20. The Morgan fingerprint density at radius 2 is 2.14 bits per heavy atom. The minimum absolute atomic E-state index is 0.231. The lowest BCUT2D eigenvalue weighted by Crippen LogP contribution is -2.19. The topological polar surface area (TPSA) is 79.3 Å². The lowest BCUT2D eigenvalue weighted by molar-refractivity contribution is 0.120. The molecule has 0 radical (unpaired) electrons. The van der Waals surface area contributed by atoms with Crippen molar-refractivity contribution in [2.24, 2.45) is 0 Å². The van der Waals surface area contributed by atoms with Crippen LogP contribution in [-0.4, -0.2) is 34.3 Å². The van der Waals surface area contributed by atoms with Gasteiger partial charge in [-0.15, -0.1) is 0 Å². The molecule has 1 atom stereocenters. The molecule has 0 saturated carbocycles. The summed E-state index contributed by atoms with van der Waals surface area (Å²) in [6, 6.07) is 6.79. The van der Waals surface area contributed by atoms with E-state index in [0.717, 1.165) is 43.1 Å². The molecule has 2 heterocycles. The van der Waals surface area contributed by atoms with Crippen LogP contribution in [0.5, 0.6) is 5.75 Å². The van der Waals surface area contributed by atoms with Gasteiger partial charge in [-0.3, -0.25) is 0 Å². The molecule has 0 bridgehead atoms. The number of phenolic OH excluding ortho intramolecular Hbond substituents is 1. The summed E-state index contributed by atoms with van der Waals surface area (Å²) in [5, 5.41) is 15.8. The predicted octanol–water partition coefficient (Wildman–Crippen LogP) is 2.83. The largest absolute Gasteiger partial charge is 0.508 e. The van der Waals surface area contributed by atoms with E-state index in [1.54, 1.807) is 30.5 Å². The first-order valence-electron chi connectivity index (χ1n) is 7.46. The third-order valence-corrected chi connectivity index (χ3v) is 3.62. The van der Waals surface area contributed by atoms with E-state index in [1.807, 2.05) is 6.92 Å². The number of hydrogen-bond donors (Lipinski definition) is 3. The zero-order valence-corrected chi connectivity index (χ0v) is 12.5. The summed E-state index contributed by atoms with van der Waals surface area (Å²) in [4.78, 5) is 8.78. The maximum Gasteiger partial charge on any atom is 0.229 e. The van der Waals surface area contributed by atoms with Crippen LogP contribution in [0.15, 0.2) is 30.5 Å². The predicted molar refractivity (Wildman–Crippen MR) is 85.6 cm³/mol. The van der Waals surface area contributed by atoms with Crippen LogP contribution in [0.2, 0.25) is 0 Å². The van der Waals surface area contributed by atoms with Gasteiger partial charge in [0.1, 0.15) is 11.6 Å². The van der Waals surface area contributed by atoms with E-state index < -0.39 is 0 Å². The second-order valence-corrected chi connectivity index (χ2v) is 5.41. The monoisotopic (exact) mass is 300 g/mol. The number of aryl methyl sites for hydroxylation is 1. The fourth-order valence-electron chi connectivity index (χ4n) is 2.37. The molecule has 2 aromatic rings. The average molecular weight is 300 g/mol. The number of aromatic nitrogens is 2. The number of benzene rings is 1. The van der Waals surface area contributed by atoms with Gasteiger partial charge in [0.15, 0.2) is 0 Å². The SMILES string of the molecule is Cc1cnc(Nc2ccc(O)cc2)nc1NCC1CCCO1. The Kier molecular flexibility index (Phi) is 4.39. The summed E-state index contributed by atoms with van der Waals surface area (Å²) >= 11 is 0. The summed E-state index contributed by atoms with van der Waals surface area (Å²) < 4.78 is 5.61. The standard InChI is InChI=1S/C16H20N4O2/c1-11-9-18-16(19-12-4-6-13(21)7-5-12)20-15(11)17-10-14-3-2-8-22-14/h4-7,9,14,21H,2-3,8,10H2,1H3,(H2,17,18,19,20). The molecule has 1 fully saturated rings. The first kappa shape index (κ1) is 14.6. The van der Waals surface area contributed by atoms with Crippen LogP contribution in [0, 0.1) is 6.92 Å².